The van der Waals surface area contributed by atoms with Crippen molar-refractivity contribution in [2.24, 2.45) is 0 Å². The Balaban J connectivity index is 1.94. The highest BCUT2D eigenvalue weighted by Gasteiger charge is 2.35. The van der Waals surface area contributed by atoms with Crippen LogP contribution in [0.25, 0.3) is 0 Å². The molecule has 1 atom stereocenters. The SMILES string of the molecule is C=CCOC1=C(O)[C@@H](CC/C=C\CCCCCCCCCCCCCC)OC1=O. The van der Waals surface area contributed by atoms with E-state index in [0.29, 0.717) is 6.42 Å². The van der Waals surface area contributed by atoms with Crippen molar-refractivity contribution in [3.8, 4) is 0 Å². The van der Waals surface area contributed by atoms with Crippen LogP contribution in [-0.2, 0) is 14.3 Å². The number of carbonyl (C=O) groups is 1. The molecule has 1 rings (SSSR count). The van der Waals surface area contributed by atoms with Gasteiger partial charge in [-0.05, 0) is 25.7 Å². The monoisotopic (exact) mass is 406 g/mol. The first-order valence-corrected chi connectivity index (χ1v) is 11.7. The number of hydrogen-bond acceptors (Lipinski definition) is 4. The maximum atomic E-state index is 11.7. The molecule has 1 aliphatic heterocycles. The van der Waals surface area contributed by atoms with Crippen molar-refractivity contribution in [3.05, 3.63) is 36.3 Å². The number of aliphatic hydroxyl groups is 1. The van der Waals surface area contributed by atoms with E-state index >= 15 is 0 Å². The summed E-state index contributed by atoms with van der Waals surface area (Å²) in [5, 5.41) is 10.0. The number of cyclic esters (lactones) is 1. The minimum Gasteiger partial charge on any atom is -0.505 e. The zero-order chi connectivity index (χ0) is 21.2. The van der Waals surface area contributed by atoms with Gasteiger partial charge in [0.05, 0.1) is 0 Å². The van der Waals surface area contributed by atoms with Gasteiger partial charge in [-0.25, -0.2) is 4.79 Å². The molecule has 166 valence electrons. The van der Waals surface area contributed by atoms with Crippen LogP contribution < -0.4 is 0 Å². The molecule has 1 N–H and O–H groups in total. The van der Waals surface area contributed by atoms with Crippen LogP contribution in [0, 0.1) is 0 Å². The van der Waals surface area contributed by atoms with E-state index < -0.39 is 12.1 Å². The van der Waals surface area contributed by atoms with E-state index in [1.165, 1.54) is 83.1 Å². The van der Waals surface area contributed by atoms with E-state index in [-0.39, 0.29) is 18.1 Å². The number of ether oxygens (including phenoxy) is 2. The lowest BCUT2D eigenvalue weighted by molar-refractivity contribution is -0.143. The van der Waals surface area contributed by atoms with Gasteiger partial charge in [0, 0.05) is 0 Å². The van der Waals surface area contributed by atoms with E-state index in [1.807, 2.05) is 0 Å². The molecule has 0 aromatic carbocycles. The fourth-order valence-electron chi connectivity index (χ4n) is 3.55. The zero-order valence-corrected chi connectivity index (χ0v) is 18.5. The van der Waals surface area contributed by atoms with E-state index in [4.69, 9.17) is 9.47 Å². The maximum Gasteiger partial charge on any atom is 0.378 e. The van der Waals surface area contributed by atoms with Crippen molar-refractivity contribution < 1.29 is 19.4 Å². The van der Waals surface area contributed by atoms with Crippen molar-refractivity contribution >= 4 is 5.97 Å². The summed E-state index contributed by atoms with van der Waals surface area (Å²) in [7, 11) is 0. The lowest BCUT2D eigenvalue weighted by Crippen LogP contribution is -2.10. The molecule has 4 heteroatoms. The summed E-state index contributed by atoms with van der Waals surface area (Å²) in [5.74, 6) is -0.753. The third kappa shape index (κ3) is 11.8. The molecular formula is C25H42O4. The Hall–Kier alpha value is -1.71. The average Bonchev–Trinajstić information content (AvgIpc) is 2.99. The number of allylic oxidation sites excluding steroid dienone is 2. The Bertz CT molecular complexity index is 507. The normalized spacial score (nSPS) is 16.6. The van der Waals surface area contributed by atoms with Gasteiger partial charge >= 0.3 is 5.97 Å². The summed E-state index contributed by atoms with van der Waals surface area (Å²) in [4.78, 5) is 11.7. The Morgan fingerprint density at radius 3 is 2.07 bits per heavy atom. The van der Waals surface area contributed by atoms with Crippen molar-refractivity contribution in [2.75, 3.05) is 6.61 Å². The second kappa shape index (κ2) is 17.2. The van der Waals surface area contributed by atoms with Gasteiger partial charge in [0.2, 0.25) is 5.76 Å². The smallest absolute Gasteiger partial charge is 0.378 e. The summed E-state index contributed by atoms with van der Waals surface area (Å²) >= 11 is 0. The summed E-state index contributed by atoms with van der Waals surface area (Å²) < 4.78 is 10.3. The molecule has 0 fully saturated rings. The van der Waals surface area contributed by atoms with E-state index in [1.54, 1.807) is 0 Å². The van der Waals surface area contributed by atoms with Gasteiger partial charge < -0.3 is 14.6 Å². The maximum absolute atomic E-state index is 11.7. The third-order valence-electron chi connectivity index (χ3n) is 5.30. The van der Waals surface area contributed by atoms with Gasteiger partial charge in [-0.1, -0.05) is 102 Å². The van der Waals surface area contributed by atoms with Gasteiger partial charge in [0.15, 0.2) is 11.9 Å². The highest BCUT2D eigenvalue weighted by Crippen LogP contribution is 2.25. The van der Waals surface area contributed by atoms with Crippen LogP contribution in [-0.4, -0.2) is 23.8 Å². The second-order valence-electron chi connectivity index (χ2n) is 7.93. The number of unbranched alkanes of at least 4 members (excludes halogenated alkanes) is 12. The molecule has 0 radical (unpaired) electrons. The molecular weight excluding hydrogens is 364 g/mol. The number of hydrogen-bond donors (Lipinski definition) is 1. The van der Waals surface area contributed by atoms with Gasteiger partial charge in [-0.15, -0.1) is 0 Å². The largest absolute Gasteiger partial charge is 0.505 e. The lowest BCUT2D eigenvalue weighted by atomic mass is 10.0. The molecule has 0 unspecified atom stereocenters. The van der Waals surface area contributed by atoms with Crippen LogP contribution in [0.1, 0.15) is 103 Å². The van der Waals surface area contributed by atoms with Gasteiger partial charge in [0.1, 0.15) is 6.61 Å². The highest BCUT2D eigenvalue weighted by atomic mass is 16.6. The Morgan fingerprint density at radius 1 is 0.931 bits per heavy atom. The molecule has 0 spiro atoms. The molecule has 0 aromatic heterocycles. The number of rotatable bonds is 19. The average molecular weight is 407 g/mol. The summed E-state index contributed by atoms with van der Waals surface area (Å²) in [5.41, 5.74) is 0. The van der Waals surface area contributed by atoms with Crippen molar-refractivity contribution in [1.82, 2.24) is 0 Å². The fraction of sp³-hybridized carbons (Fsp3) is 0.720. The molecule has 0 aliphatic carbocycles. The van der Waals surface area contributed by atoms with Crippen molar-refractivity contribution in [3.63, 3.8) is 0 Å². The van der Waals surface area contributed by atoms with Crippen molar-refractivity contribution in [1.29, 1.82) is 0 Å². The quantitative estimate of drug-likeness (QED) is 0.139. The second-order valence-corrected chi connectivity index (χ2v) is 7.93. The molecule has 0 bridgehead atoms. The van der Waals surface area contributed by atoms with Crippen LogP contribution in [0.4, 0.5) is 0 Å². The fourth-order valence-corrected chi connectivity index (χ4v) is 3.55. The summed E-state index contributed by atoms with van der Waals surface area (Å²) in [6, 6.07) is 0. The molecule has 29 heavy (non-hydrogen) atoms. The number of aliphatic hydroxyl groups excluding tert-OH is 1. The number of carbonyl (C=O) groups excluding carboxylic acids is 1. The first-order valence-electron chi connectivity index (χ1n) is 11.7. The highest BCUT2D eigenvalue weighted by molar-refractivity contribution is 5.89. The van der Waals surface area contributed by atoms with E-state index in [9.17, 15) is 9.90 Å². The summed E-state index contributed by atoms with van der Waals surface area (Å²) in [6.45, 7) is 5.97. The van der Waals surface area contributed by atoms with Crippen LogP contribution in [0.5, 0.6) is 0 Å². The van der Waals surface area contributed by atoms with Crippen LogP contribution in [0.3, 0.4) is 0 Å². The standard InChI is InChI=1S/C25H42O4/c1-3-5-6-7-8-9-10-11-12-13-14-15-16-17-18-19-20-22-23(26)24(25(27)29-22)28-21-4-2/h4,17-18,22,26H,2-3,5-16,19-21H2,1H3/b18-17-/t22-/m1/s1. The third-order valence-corrected chi connectivity index (χ3v) is 5.30. The van der Waals surface area contributed by atoms with Crippen LogP contribution >= 0.6 is 0 Å². The number of esters is 1. The molecule has 0 saturated heterocycles. The Kier molecular flexibility index (Phi) is 15.0. The van der Waals surface area contributed by atoms with E-state index in [0.717, 1.165) is 12.8 Å². The Labute approximate surface area is 178 Å². The van der Waals surface area contributed by atoms with Gasteiger partial charge in [-0.2, -0.15) is 0 Å². The predicted octanol–water partition coefficient (Wildman–Crippen LogP) is 7.31. The molecule has 1 aliphatic rings. The molecule has 0 saturated carbocycles. The van der Waals surface area contributed by atoms with E-state index in [2.05, 4.69) is 25.7 Å². The molecule has 0 aromatic rings. The van der Waals surface area contributed by atoms with Crippen molar-refractivity contribution in [2.45, 2.75) is 109 Å². The van der Waals surface area contributed by atoms with Gasteiger partial charge in [-0.3, -0.25) is 0 Å². The molecule has 1 heterocycles. The Morgan fingerprint density at radius 2 is 1.48 bits per heavy atom. The van der Waals surface area contributed by atoms with Crippen LogP contribution in [0.15, 0.2) is 36.3 Å². The lowest BCUT2D eigenvalue weighted by Gasteiger charge is -2.07. The summed E-state index contributed by atoms with van der Waals surface area (Å²) in [6.07, 6.45) is 24.1. The van der Waals surface area contributed by atoms with Gasteiger partial charge in [0.25, 0.3) is 0 Å². The minimum absolute atomic E-state index is 0.0737. The predicted molar refractivity (Wildman–Crippen MR) is 120 cm³/mol. The zero-order valence-electron chi connectivity index (χ0n) is 18.5. The topological polar surface area (TPSA) is 55.8 Å². The molecule has 0 amide bonds. The minimum atomic E-state index is -0.588. The van der Waals surface area contributed by atoms with Crippen LogP contribution in [0.2, 0.25) is 0 Å². The first kappa shape index (κ1) is 25.3. The first-order chi connectivity index (χ1) is 14.2. The molecule has 4 nitrogen and oxygen atoms in total.